The molecule has 1 aromatic carbocycles. The fourth-order valence-corrected chi connectivity index (χ4v) is 1.53. The second-order valence-electron chi connectivity index (χ2n) is 4.55. The summed E-state index contributed by atoms with van der Waals surface area (Å²) in [5, 5.41) is 0. The van der Waals surface area contributed by atoms with Crippen LogP contribution in [0.15, 0.2) is 24.3 Å². The van der Waals surface area contributed by atoms with Gasteiger partial charge in [-0.05, 0) is 17.7 Å². The monoisotopic (exact) mass is 329 g/mol. The zero-order chi connectivity index (χ0) is 17.0. The third kappa shape index (κ3) is 6.33. The van der Waals surface area contributed by atoms with Gasteiger partial charge in [0, 0.05) is 13.6 Å². The number of hydrogen-bond acceptors (Lipinski definition) is 2. The molecule has 1 aromatic rings. The number of alkyl halides is 6. The Morgan fingerprint density at radius 2 is 1.64 bits per heavy atom. The molecule has 124 valence electrons. The number of nitrogens with zero attached hydrogens (tertiary/aromatic N) is 1. The smallest absolute Gasteiger partial charge is 0.362 e. The number of halogens is 6. The normalized spacial score (nSPS) is 12.3. The van der Waals surface area contributed by atoms with E-state index in [4.69, 9.17) is 0 Å². The van der Waals surface area contributed by atoms with Crippen LogP contribution in [0.2, 0.25) is 0 Å². The standard InChI is InChI=1S/C13H13F6NO2/c1-20(11(21)7-22-8-12(14,15)16)6-9-2-4-10(5-3-9)13(17,18)19/h2-5H,6-8H2,1H3. The number of amides is 1. The quantitative estimate of drug-likeness (QED) is 0.776. The minimum atomic E-state index is -4.52. The molecule has 0 radical (unpaired) electrons. The Bertz CT molecular complexity index is 495. The van der Waals surface area contributed by atoms with Crippen LogP contribution < -0.4 is 0 Å². The molecule has 3 nitrogen and oxygen atoms in total. The average Bonchev–Trinajstić information content (AvgIpc) is 2.36. The lowest BCUT2D eigenvalue weighted by atomic mass is 10.1. The third-order valence-electron chi connectivity index (χ3n) is 2.62. The second-order valence-corrected chi connectivity index (χ2v) is 4.55. The van der Waals surface area contributed by atoms with E-state index in [1.807, 2.05) is 0 Å². The Morgan fingerprint density at radius 3 is 2.09 bits per heavy atom. The molecule has 0 fully saturated rings. The highest BCUT2D eigenvalue weighted by Crippen LogP contribution is 2.29. The van der Waals surface area contributed by atoms with E-state index in [0.29, 0.717) is 5.56 Å². The van der Waals surface area contributed by atoms with E-state index in [1.165, 1.54) is 19.2 Å². The summed E-state index contributed by atoms with van der Waals surface area (Å²) in [5.41, 5.74) is -0.404. The maximum Gasteiger partial charge on any atom is 0.416 e. The molecule has 0 spiro atoms. The van der Waals surface area contributed by atoms with Crippen molar-refractivity contribution >= 4 is 5.91 Å². The van der Waals surface area contributed by atoms with Gasteiger partial charge in [-0.3, -0.25) is 4.79 Å². The van der Waals surface area contributed by atoms with E-state index in [9.17, 15) is 31.1 Å². The average molecular weight is 329 g/mol. The molecule has 0 aliphatic rings. The molecule has 9 heteroatoms. The predicted octanol–water partition coefficient (Wildman–Crippen LogP) is 3.24. The van der Waals surface area contributed by atoms with Gasteiger partial charge in [0.25, 0.3) is 0 Å². The van der Waals surface area contributed by atoms with Crippen molar-refractivity contribution < 1.29 is 35.9 Å². The lowest BCUT2D eigenvalue weighted by molar-refractivity contribution is -0.177. The van der Waals surface area contributed by atoms with Crippen LogP contribution in [0.3, 0.4) is 0 Å². The summed E-state index contributed by atoms with van der Waals surface area (Å²) in [6.07, 6.45) is -8.97. The maximum atomic E-state index is 12.4. The number of likely N-dealkylation sites (N-methyl/N-ethyl adjacent to an activating group) is 1. The molecule has 0 aromatic heterocycles. The van der Waals surface area contributed by atoms with Gasteiger partial charge in [0.15, 0.2) is 0 Å². The van der Waals surface area contributed by atoms with E-state index in [-0.39, 0.29) is 6.54 Å². The molecule has 0 aliphatic heterocycles. The highest BCUT2D eigenvalue weighted by molar-refractivity contribution is 5.77. The van der Waals surface area contributed by atoms with Gasteiger partial charge in [-0.2, -0.15) is 26.3 Å². The summed E-state index contributed by atoms with van der Waals surface area (Å²) in [4.78, 5) is 12.6. The van der Waals surface area contributed by atoms with Crippen molar-refractivity contribution in [3.63, 3.8) is 0 Å². The molecule has 1 rings (SSSR count). The maximum absolute atomic E-state index is 12.4. The van der Waals surface area contributed by atoms with Crippen LogP contribution in [0.25, 0.3) is 0 Å². The predicted molar refractivity (Wildman–Crippen MR) is 64.8 cm³/mol. The van der Waals surface area contributed by atoms with Crippen LogP contribution in [0.4, 0.5) is 26.3 Å². The Balaban J connectivity index is 2.50. The van der Waals surface area contributed by atoms with Gasteiger partial charge < -0.3 is 9.64 Å². The van der Waals surface area contributed by atoms with Crippen molar-refractivity contribution in [2.24, 2.45) is 0 Å². The molecule has 1 amide bonds. The van der Waals surface area contributed by atoms with Gasteiger partial charge in [0.2, 0.25) is 5.91 Å². The lowest BCUT2D eigenvalue weighted by Gasteiger charge is -2.18. The van der Waals surface area contributed by atoms with Crippen molar-refractivity contribution in [1.82, 2.24) is 4.90 Å². The zero-order valence-electron chi connectivity index (χ0n) is 11.5. The molecule has 0 heterocycles. The molecule has 0 saturated carbocycles. The van der Waals surface area contributed by atoms with Crippen LogP contribution >= 0.6 is 0 Å². The molecule has 0 atom stereocenters. The minimum Gasteiger partial charge on any atom is -0.362 e. The van der Waals surface area contributed by atoms with Crippen molar-refractivity contribution in [2.45, 2.75) is 18.9 Å². The first-order chi connectivity index (χ1) is 9.99. The zero-order valence-corrected chi connectivity index (χ0v) is 11.5. The first-order valence-corrected chi connectivity index (χ1v) is 6.03. The second kappa shape index (κ2) is 6.99. The highest BCUT2D eigenvalue weighted by Gasteiger charge is 2.30. The van der Waals surface area contributed by atoms with Crippen LogP contribution in [-0.4, -0.2) is 37.2 Å². The van der Waals surface area contributed by atoms with Crippen LogP contribution in [-0.2, 0) is 22.3 Å². The Kier molecular flexibility index (Phi) is 5.81. The summed E-state index contributed by atoms with van der Waals surface area (Å²) in [7, 11) is 1.32. The van der Waals surface area contributed by atoms with E-state index >= 15 is 0 Å². The van der Waals surface area contributed by atoms with Gasteiger partial charge in [-0.15, -0.1) is 0 Å². The molecule has 0 N–H and O–H groups in total. The topological polar surface area (TPSA) is 29.5 Å². The number of carbonyl (C=O) groups is 1. The van der Waals surface area contributed by atoms with E-state index in [1.54, 1.807) is 0 Å². The summed E-state index contributed by atoms with van der Waals surface area (Å²) in [6.45, 7) is -2.32. The molecule has 0 bridgehead atoms. The fourth-order valence-electron chi connectivity index (χ4n) is 1.53. The van der Waals surface area contributed by atoms with Crippen LogP contribution in [0.1, 0.15) is 11.1 Å². The molecule has 22 heavy (non-hydrogen) atoms. The minimum absolute atomic E-state index is 0.0354. The van der Waals surface area contributed by atoms with Gasteiger partial charge in [0.05, 0.1) is 5.56 Å². The lowest BCUT2D eigenvalue weighted by Crippen LogP contribution is -2.31. The van der Waals surface area contributed by atoms with E-state index in [0.717, 1.165) is 17.0 Å². The number of ether oxygens (including phenoxy) is 1. The summed E-state index contributed by atoms with van der Waals surface area (Å²) >= 11 is 0. The van der Waals surface area contributed by atoms with Crippen molar-refractivity contribution in [1.29, 1.82) is 0 Å². The molecular formula is C13H13F6NO2. The Morgan fingerprint density at radius 1 is 1.09 bits per heavy atom. The van der Waals surface area contributed by atoms with Crippen LogP contribution in [0.5, 0.6) is 0 Å². The summed E-state index contributed by atoms with van der Waals surface area (Å²) < 4.78 is 76.9. The van der Waals surface area contributed by atoms with Crippen LogP contribution in [0, 0.1) is 0 Å². The molecule has 0 unspecified atom stereocenters. The number of benzene rings is 1. The van der Waals surface area contributed by atoms with Crippen molar-refractivity contribution in [2.75, 3.05) is 20.3 Å². The van der Waals surface area contributed by atoms with Crippen molar-refractivity contribution in [3.05, 3.63) is 35.4 Å². The summed E-state index contributed by atoms with van der Waals surface area (Å²) in [6, 6.07) is 4.13. The fraction of sp³-hybridized carbons (Fsp3) is 0.462. The molecule has 0 aliphatic carbocycles. The largest absolute Gasteiger partial charge is 0.416 e. The third-order valence-corrected chi connectivity index (χ3v) is 2.62. The van der Waals surface area contributed by atoms with Gasteiger partial charge in [0.1, 0.15) is 13.2 Å². The van der Waals surface area contributed by atoms with E-state index in [2.05, 4.69) is 4.74 Å². The Labute approximate surface area is 122 Å². The first-order valence-electron chi connectivity index (χ1n) is 6.03. The molecular weight excluding hydrogens is 316 g/mol. The highest BCUT2D eigenvalue weighted by atomic mass is 19.4. The number of rotatable bonds is 5. The molecule has 0 saturated heterocycles. The number of hydrogen-bond donors (Lipinski definition) is 0. The number of carbonyl (C=O) groups excluding carboxylic acids is 1. The SMILES string of the molecule is CN(Cc1ccc(C(F)(F)F)cc1)C(=O)COCC(F)(F)F. The Hall–Kier alpha value is -1.77. The van der Waals surface area contributed by atoms with Crippen molar-refractivity contribution in [3.8, 4) is 0 Å². The first kappa shape index (κ1) is 18.3. The van der Waals surface area contributed by atoms with E-state index < -0.39 is 37.0 Å². The van der Waals surface area contributed by atoms with Gasteiger partial charge in [-0.1, -0.05) is 12.1 Å². The summed E-state index contributed by atoms with van der Waals surface area (Å²) in [5.74, 6) is -0.704. The van der Waals surface area contributed by atoms with Gasteiger partial charge >= 0.3 is 12.4 Å². The van der Waals surface area contributed by atoms with Gasteiger partial charge in [-0.25, -0.2) is 0 Å².